The Labute approximate surface area is 137 Å². The zero-order valence-electron chi connectivity index (χ0n) is 15.2. The van der Waals surface area contributed by atoms with Crippen LogP contribution in [0.5, 0.6) is 0 Å². The second kappa shape index (κ2) is 5.68. The predicted molar refractivity (Wildman–Crippen MR) is 94.0 cm³/mol. The Morgan fingerprint density at radius 3 is 1.55 bits per heavy atom. The molecule has 1 atom stereocenters. The van der Waals surface area contributed by atoms with E-state index in [1.165, 1.54) is 19.3 Å². The van der Waals surface area contributed by atoms with Gasteiger partial charge in [-0.1, -0.05) is 77.4 Å². The van der Waals surface area contributed by atoms with Crippen molar-refractivity contribution in [2.45, 2.75) is 95.8 Å². The molecule has 122 valence electrons. The molecule has 2 fully saturated rings. The van der Waals surface area contributed by atoms with Crippen LogP contribution in [0, 0.1) is 33.5 Å². The molecule has 0 aliphatic heterocycles. The van der Waals surface area contributed by atoms with Crippen LogP contribution < -0.4 is 0 Å². The molecule has 0 radical (unpaired) electrons. The number of hydrogen-bond donors (Lipinski definition) is 0. The van der Waals surface area contributed by atoms with Gasteiger partial charge in [0.25, 0.3) is 0 Å². The van der Waals surface area contributed by atoms with Crippen LogP contribution in [0.25, 0.3) is 0 Å². The minimum atomic E-state index is -1.78. The molecule has 2 rings (SSSR count). The summed E-state index contributed by atoms with van der Waals surface area (Å²) >= 11 is 0. The van der Waals surface area contributed by atoms with E-state index in [0.717, 1.165) is 12.8 Å². The summed E-state index contributed by atoms with van der Waals surface area (Å²) in [5.41, 5.74) is 1.60. The quantitative estimate of drug-likeness (QED) is 0.594. The predicted octanol–water partition coefficient (Wildman–Crippen LogP) is 6.03. The molecule has 1 spiro atoms. The van der Waals surface area contributed by atoms with E-state index in [1.54, 1.807) is 0 Å². The van der Waals surface area contributed by atoms with E-state index in [4.69, 9.17) is 0 Å². The molecule has 0 saturated heterocycles. The number of rotatable bonds is 4. The molecule has 0 aromatic heterocycles. The zero-order chi connectivity index (χ0) is 16.8. The van der Waals surface area contributed by atoms with Gasteiger partial charge < -0.3 is 0 Å². The van der Waals surface area contributed by atoms with Crippen LogP contribution in [0.15, 0.2) is 0 Å². The second-order valence-corrected chi connectivity index (χ2v) is 14.7. The van der Waals surface area contributed by atoms with Crippen molar-refractivity contribution in [3.63, 3.8) is 0 Å². The fraction of sp³-hybridized carbons (Fsp3) is 0.895. The fourth-order valence-electron chi connectivity index (χ4n) is 6.69. The van der Waals surface area contributed by atoms with Crippen molar-refractivity contribution in [3.8, 4) is 12.1 Å². The van der Waals surface area contributed by atoms with E-state index in [0.29, 0.717) is 22.2 Å². The normalized spacial score (nSPS) is 26.2. The van der Waals surface area contributed by atoms with Gasteiger partial charge >= 0.3 is 0 Å². The largest absolute Gasteiger partial charge is 0.197 e. The summed E-state index contributed by atoms with van der Waals surface area (Å²) in [6, 6.07) is 5.11. The Hall–Kier alpha value is -0.803. The summed E-state index contributed by atoms with van der Waals surface area (Å²) in [7, 11) is -1.78. The van der Waals surface area contributed by atoms with Gasteiger partial charge in [-0.3, -0.25) is 0 Å². The summed E-state index contributed by atoms with van der Waals surface area (Å²) in [4.78, 5) is 0. The molecule has 2 nitrogen and oxygen atoms in total. The first-order valence-corrected chi connectivity index (χ1v) is 11.4. The molecule has 0 N–H and O–H groups in total. The van der Waals surface area contributed by atoms with E-state index in [-0.39, 0.29) is 5.41 Å². The highest BCUT2D eigenvalue weighted by atomic mass is 28.3. The van der Waals surface area contributed by atoms with Crippen LogP contribution in [0.2, 0.25) is 22.2 Å². The molecular formula is C19H32N2Si. The van der Waals surface area contributed by atoms with Crippen LogP contribution in [-0.4, -0.2) is 8.07 Å². The van der Waals surface area contributed by atoms with Crippen molar-refractivity contribution in [2.75, 3.05) is 0 Å². The molecule has 22 heavy (non-hydrogen) atoms. The topological polar surface area (TPSA) is 47.6 Å². The first kappa shape index (κ1) is 17.5. The van der Waals surface area contributed by atoms with Gasteiger partial charge in [0.05, 0.1) is 20.2 Å². The minimum absolute atomic E-state index is 0.0276. The molecule has 0 bridgehead atoms. The molecule has 0 heterocycles. The SMILES string of the molecule is CC(C)[Si](C(C)C)(C(C)C)C1C(C#N)(C#N)C12CCCCC2. The fourth-order valence-corrected chi connectivity index (χ4v) is 15.2. The van der Waals surface area contributed by atoms with Gasteiger partial charge in [-0.15, -0.1) is 0 Å². The van der Waals surface area contributed by atoms with Gasteiger partial charge in [0.2, 0.25) is 0 Å². The molecule has 0 aromatic carbocycles. The average molecular weight is 317 g/mol. The highest BCUT2D eigenvalue weighted by molar-refractivity contribution is 6.86. The molecule has 2 saturated carbocycles. The lowest BCUT2D eigenvalue weighted by Crippen LogP contribution is -2.47. The third-order valence-electron chi connectivity index (χ3n) is 7.29. The summed E-state index contributed by atoms with van der Waals surface area (Å²) in [5.74, 6) is 0. The highest BCUT2D eigenvalue weighted by Gasteiger charge is 2.83. The van der Waals surface area contributed by atoms with Crippen molar-refractivity contribution in [3.05, 3.63) is 0 Å². The van der Waals surface area contributed by atoms with Crippen LogP contribution in [-0.2, 0) is 0 Å². The van der Waals surface area contributed by atoms with Crippen molar-refractivity contribution < 1.29 is 0 Å². The number of hydrogen-bond acceptors (Lipinski definition) is 2. The highest BCUT2D eigenvalue weighted by Crippen LogP contribution is 2.84. The van der Waals surface area contributed by atoms with Crippen LogP contribution in [0.4, 0.5) is 0 Å². The van der Waals surface area contributed by atoms with Crippen LogP contribution >= 0.6 is 0 Å². The molecule has 3 heteroatoms. The van der Waals surface area contributed by atoms with Crippen molar-refractivity contribution in [2.24, 2.45) is 10.8 Å². The third kappa shape index (κ3) is 1.88. The van der Waals surface area contributed by atoms with E-state index in [1.807, 2.05) is 0 Å². The molecule has 2 aliphatic rings. The Bertz CT molecular complexity index is 465. The lowest BCUT2D eigenvalue weighted by Gasteiger charge is -2.45. The van der Waals surface area contributed by atoms with Gasteiger partial charge in [0, 0.05) is 5.41 Å². The second-order valence-electron chi connectivity index (χ2n) is 8.65. The van der Waals surface area contributed by atoms with E-state index in [9.17, 15) is 10.5 Å². The summed E-state index contributed by atoms with van der Waals surface area (Å²) in [6.45, 7) is 14.2. The number of nitriles is 2. The third-order valence-corrected chi connectivity index (χ3v) is 15.3. The van der Waals surface area contributed by atoms with Crippen LogP contribution in [0.3, 0.4) is 0 Å². The standard InChI is InChI=1S/C19H32N2Si/c1-14(2)22(15(3)4,16(5)6)17-18(10-8-7-9-11-18)19(17,12-20)13-21/h14-17H,7-11H2,1-6H3. The Morgan fingerprint density at radius 1 is 0.818 bits per heavy atom. The Morgan fingerprint density at radius 2 is 1.23 bits per heavy atom. The van der Waals surface area contributed by atoms with Crippen molar-refractivity contribution in [1.82, 2.24) is 0 Å². The molecule has 1 unspecified atom stereocenters. The first-order valence-electron chi connectivity index (χ1n) is 9.10. The summed E-state index contributed by atoms with van der Waals surface area (Å²) in [5, 5.41) is 20.0. The Kier molecular flexibility index (Phi) is 4.53. The van der Waals surface area contributed by atoms with Crippen LogP contribution in [0.1, 0.15) is 73.6 Å². The first-order chi connectivity index (χ1) is 10.3. The molecule has 0 aromatic rings. The summed E-state index contributed by atoms with van der Waals surface area (Å²) < 4.78 is 0. The summed E-state index contributed by atoms with van der Waals surface area (Å²) in [6.07, 6.45) is 5.92. The van der Waals surface area contributed by atoms with Gasteiger partial charge in [0.1, 0.15) is 0 Å². The lowest BCUT2D eigenvalue weighted by atomic mass is 9.80. The Balaban J connectivity index is 2.61. The number of nitrogens with zero attached hydrogens (tertiary/aromatic N) is 2. The van der Waals surface area contributed by atoms with E-state index >= 15 is 0 Å². The minimum Gasteiger partial charge on any atom is -0.197 e. The van der Waals surface area contributed by atoms with Gasteiger partial charge in [-0.05, 0) is 18.4 Å². The average Bonchev–Trinajstić information content (AvgIpc) is 3.00. The van der Waals surface area contributed by atoms with Crippen molar-refractivity contribution >= 4 is 8.07 Å². The lowest BCUT2D eigenvalue weighted by molar-refractivity contribution is 0.301. The maximum atomic E-state index is 10.0. The monoisotopic (exact) mass is 316 g/mol. The van der Waals surface area contributed by atoms with Gasteiger partial charge in [-0.2, -0.15) is 10.5 Å². The van der Waals surface area contributed by atoms with Gasteiger partial charge in [-0.25, -0.2) is 0 Å². The van der Waals surface area contributed by atoms with Gasteiger partial charge in [0.15, 0.2) is 5.41 Å². The van der Waals surface area contributed by atoms with E-state index < -0.39 is 13.5 Å². The van der Waals surface area contributed by atoms with Crippen molar-refractivity contribution in [1.29, 1.82) is 10.5 Å². The molecule has 0 amide bonds. The molecule has 2 aliphatic carbocycles. The maximum absolute atomic E-state index is 10.0. The molecular weight excluding hydrogens is 284 g/mol. The smallest absolute Gasteiger partial charge is 0.150 e. The van der Waals surface area contributed by atoms with E-state index in [2.05, 4.69) is 53.7 Å². The maximum Gasteiger partial charge on any atom is 0.150 e. The zero-order valence-corrected chi connectivity index (χ0v) is 16.2.